The fraction of sp³-hybridized carbons (Fsp3) is 0.350. The molecule has 1 amide bonds. The zero-order valence-corrected chi connectivity index (χ0v) is 17.8. The van der Waals surface area contributed by atoms with Gasteiger partial charge >= 0.3 is 0 Å². The Morgan fingerprint density at radius 1 is 1.14 bits per heavy atom. The van der Waals surface area contributed by atoms with Gasteiger partial charge in [0.2, 0.25) is 15.9 Å². The smallest absolute Gasteiger partial charge is 0.246 e. The van der Waals surface area contributed by atoms with Crippen molar-refractivity contribution in [3.63, 3.8) is 0 Å². The summed E-state index contributed by atoms with van der Waals surface area (Å²) >= 11 is 6.00. The van der Waals surface area contributed by atoms with Gasteiger partial charge in [-0.1, -0.05) is 23.7 Å². The molecule has 0 unspecified atom stereocenters. The topological polar surface area (TPSA) is 84.9 Å². The van der Waals surface area contributed by atoms with Crippen molar-refractivity contribution >= 4 is 33.2 Å². The molecule has 1 aliphatic heterocycles. The molecule has 29 heavy (non-hydrogen) atoms. The van der Waals surface area contributed by atoms with Crippen molar-refractivity contribution in [1.29, 1.82) is 0 Å². The predicted molar refractivity (Wildman–Crippen MR) is 111 cm³/mol. The molecule has 0 aromatic heterocycles. The Balaban J connectivity index is 1.80. The van der Waals surface area contributed by atoms with Gasteiger partial charge < -0.3 is 14.8 Å². The fourth-order valence-electron chi connectivity index (χ4n) is 3.35. The van der Waals surface area contributed by atoms with E-state index >= 15 is 0 Å². The van der Waals surface area contributed by atoms with Crippen molar-refractivity contribution in [2.24, 2.45) is 5.92 Å². The van der Waals surface area contributed by atoms with Crippen LogP contribution in [0.2, 0.25) is 5.02 Å². The molecule has 1 fully saturated rings. The van der Waals surface area contributed by atoms with E-state index in [2.05, 4.69) is 5.32 Å². The van der Waals surface area contributed by atoms with Gasteiger partial charge in [0.15, 0.2) is 0 Å². The number of carbonyl (C=O) groups excluding carboxylic acids is 1. The van der Waals surface area contributed by atoms with Crippen molar-refractivity contribution in [3.05, 3.63) is 47.5 Å². The first-order valence-electron chi connectivity index (χ1n) is 9.14. The number of piperidine rings is 1. The quantitative estimate of drug-likeness (QED) is 0.747. The van der Waals surface area contributed by atoms with E-state index in [1.54, 1.807) is 24.3 Å². The number of para-hydroxylation sites is 2. The maximum Gasteiger partial charge on any atom is 0.246 e. The number of rotatable bonds is 6. The summed E-state index contributed by atoms with van der Waals surface area (Å²) < 4.78 is 38.1. The average molecular weight is 439 g/mol. The highest BCUT2D eigenvalue weighted by Crippen LogP contribution is 2.32. The van der Waals surface area contributed by atoms with E-state index in [1.807, 2.05) is 6.07 Å². The minimum absolute atomic E-state index is 0.00159. The molecule has 0 saturated carbocycles. The molecule has 7 nitrogen and oxygen atoms in total. The van der Waals surface area contributed by atoms with Gasteiger partial charge in [-0.3, -0.25) is 4.79 Å². The van der Waals surface area contributed by atoms with Gasteiger partial charge in [0.05, 0.1) is 25.8 Å². The zero-order valence-electron chi connectivity index (χ0n) is 16.2. The van der Waals surface area contributed by atoms with Crippen LogP contribution < -0.4 is 14.8 Å². The molecule has 9 heteroatoms. The van der Waals surface area contributed by atoms with Crippen LogP contribution in [0.3, 0.4) is 0 Å². The Kier molecular flexibility index (Phi) is 6.66. The number of carbonyl (C=O) groups is 1. The van der Waals surface area contributed by atoms with Crippen LogP contribution in [0.5, 0.6) is 11.5 Å². The van der Waals surface area contributed by atoms with Crippen LogP contribution in [0.25, 0.3) is 0 Å². The molecular formula is C20H23ClN2O5S. The summed E-state index contributed by atoms with van der Waals surface area (Å²) in [5.41, 5.74) is 0.552. The second-order valence-corrected chi connectivity index (χ2v) is 9.03. The second-order valence-electron chi connectivity index (χ2n) is 6.69. The average Bonchev–Trinajstić information content (AvgIpc) is 2.74. The van der Waals surface area contributed by atoms with Crippen LogP contribution in [-0.2, 0) is 14.8 Å². The first-order valence-corrected chi connectivity index (χ1v) is 11.0. The number of sulfonamides is 1. The number of methoxy groups -OCH3 is 2. The molecule has 1 atom stereocenters. The van der Waals surface area contributed by atoms with E-state index in [9.17, 15) is 13.2 Å². The van der Waals surface area contributed by atoms with Crippen molar-refractivity contribution in [3.8, 4) is 11.5 Å². The van der Waals surface area contributed by atoms with Crippen LogP contribution >= 0.6 is 11.6 Å². The van der Waals surface area contributed by atoms with Crippen LogP contribution in [0.4, 0.5) is 5.69 Å². The number of halogens is 1. The van der Waals surface area contributed by atoms with E-state index in [-0.39, 0.29) is 23.1 Å². The molecule has 0 aliphatic carbocycles. The van der Waals surface area contributed by atoms with Crippen LogP contribution in [0.1, 0.15) is 12.8 Å². The molecule has 3 rings (SSSR count). The molecule has 1 N–H and O–H groups in total. The van der Waals surface area contributed by atoms with Crippen molar-refractivity contribution < 1.29 is 22.7 Å². The number of ether oxygens (including phenoxy) is 2. The summed E-state index contributed by atoms with van der Waals surface area (Å²) in [6.45, 7) is 0.412. The Morgan fingerprint density at radius 2 is 1.86 bits per heavy atom. The molecular weight excluding hydrogens is 416 g/mol. The molecule has 0 bridgehead atoms. The summed E-state index contributed by atoms with van der Waals surface area (Å²) in [5.74, 6) is 0.0425. The number of hydrogen-bond donors (Lipinski definition) is 1. The lowest BCUT2D eigenvalue weighted by atomic mass is 9.98. The number of hydrogen-bond acceptors (Lipinski definition) is 5. The summed E-state index contributed by atoms with van der Waals surface area (Å²) in [6.07, 6.45) is 1.17. The summed E-state index contributed by atoms with van der Waals surface area (Å²) in [6, 6.07) is 11.5. The second kappa shape index (κ2) is 9.02. The molecule has 156 valence electrons. The Morgan fingerprint density at radius 3 is 2.59 bits per heavy atom. The Hall–Kier alpha value is -2.29. The van der Waals surface area contributed by atoms with Crippen molar-refractivity contribution in [2.45, 2.75) is 17.7 Å². The third-order valence-corrected chi connectivity index (χ3v) is 6.98. The summed E-state index contributed by atoms with van der Waals surface area (Å²) in [4.78, 5) is 12.8. The summed E-state index contributed by atoms with van der Waals surface area (Å²) in [5, 5.41) is 3.14. The van der Waals surface area contributed by atoms with E-state index in [0.29, 0.717) is 35.8 Å². The number of nitrogens with zero attached hydrogens (tertiary/aromatic N) is 1. The van der Waals surface area contributed by atoms with Crippen LogP contribution in [-0.4, -0.2) is 45.9 Å². The highest BCUT2D eigenvalue weighted by Gasteiger charge is 2.35. The van der Waals surface area contributed by atoms with Gasteiger partial charge in [0, 0.05) is 18.1 Å². The lowest BCUT2D eigenvalue weighted by Gasteiger charge is -2.31. The number of anilines is 1. The largest absolute Gasteiger partial charge is 0.495 e. The van der Waals surface area contributed by atoms with Gasteiger partial charge in [-0.2, -0.15) is 4.31 Å². The lowest BCUT2D eigenvalue weighted by Crippen LogP contribution is -2.43. The zero-order chi connectivity index (χ0) is 21.0. The fourth-order valence-corrected chi connectivity index (χ4v) is 5.29. The van der Waals surface area contributed by atoms with E-state index in [0.717, 1.165) is 0 Å². The van der Waals surface area contributed by atoms with Crippen LogP contribution in [0, 0.1) is 5.92 Å². The first kappa shape index (κ1) is 21.4. The molecule has 1 heterocycles. The normalized spacial score (nSPS) is 17.6. The molecule has 2 aromatic carbocycles. The third kappa shape index (κ3) is 4.66. The van der Waals surface area contributed by atoms with E-state index in [1.165, 1.54) is 30.7 Å². The molecule has 2 aromatic rings. The molecule has 0 radical (unpaired) electrons. The lowest BCUT2D eigenvalue weighted by molar-refractivity contribution is -0.120. The first-order chi connectivity index (χ1) is 13.9. The summed E-state index contributed by atoms with van der Waals surface area (Å²) in [7, 11) is -0.929. The minimum Gasteiger partial charge on any atom is -0.495 e. The monoisotopic (exact) mass is 438 g/mol. The van der Waals surface area contributed by atoms with Crippen LogP contribution in [0.15, 0.2) is 47.4 Å². The maximum absolute atomic E-state index is 13.2. The third-order valence-electron chi connectivity index (χ3n) is 4.86. The van der Waals surface area contributed by atoms with E-state index in [4.69, 9.17) is 21.1 Å². The highest BCUT2D eigenvalue weighted by atomic mass is 35.5. The predicted octanol–water partition coefficient (Wildman–Crippen LogP) is 3.40. The SMILES string of the molecule is COc1ccccc1NC(=O)[C@@H]1CCCN(S(=O)(=O)c2cc(Cl)ccc2OC)C1. The van der Waals surface area contributed by atoms with Gasteiger partial charge in [-0.25, -0.2) is 8.42 Å². The minimum atomic E-state index is -3.86. The van der Waals surface area contributed by atoms with Gasteiger partial charge in [-0.05, 0) is 43.2 Å². The molecule has 0 spiro atoms. The van der Waals surface area contributed by atoms with Crippen molar-refractivity contribution in [1.82, 2.24) is 4.31 Å². The number of benzene rings is 2. The van der Waals surface area contributed by atoms with E-state index < -0.39 is 15.9 Å². The standard InChI is InChI=1S/C20H23ClN2O5S/c1-27-17-8-4-3-7-16(17)22-20(24)14-6-5-11-23(13-14)29(25,26)19-12-15(21)9-10-18(19)28-2/h3-4,7-10,12,14H,5-6,11,13H2,1-2H3,(H,22,24)/t14-/m1/s1. The molecule has 1 saturated heterocycles. The number of amides is 1. The van der Waals surface area contributed by atoms with Crippen molar-refractivity contribution in [2.75, 3.05) is 32.6 Å². The van der Waals surface area contributed by atoms with Gasteiger partial charge in [0.1, 0.15) is 16.4 Å². The molecule has 1 aliphatic rings. The van der Waals surface area contributed by atoms with Gasteiger partial charge in [-0.15, -0.1) is 0 Å². The number of nitrogens with one attached hydrogen (secondary N) is 1. The Labute approximate surface area is 175 Å². The maximum atomic E-state index is 13.2. The van der Waals surface area contributed by atoms with Gasteiger partial charge in [0.25, 0.3) is 0 Å². The highest BCUT2D eigenvalue weighted by molar-refractivity contribution is 7.89. The Bertz CT molecular complexity index is 996.